The van der Waals surface area contributed by atoms with Crippen molar-refractivity contribution < 1.29 is 22.0 Å². The number of amides is 1. The predicted octanol–water partition coefficient (Wildman–Crippen LogP) is 3.55. The summed E-state index contributed by atoms with van der Waals surface area (Å²) in [5.74, 6) is -2.60. The summed E-state index contributed by atoms with van der Waals surface area (Å²) in [7, 11) is -3.62. The molecular formula is C28H30ClF2N5O4S. The van der Waals surface area contributed by atoms with E-state index in [-0.39, 0.29) is 43.2 Å². The molecule has 1 aromatic heterocycles. The van der Waals surface area contributed by atoms with Crippen LogP contribution in [0.2, 0.25) is 5.02 Å². The lowest BCUT2D eigenvalue weighted by molar-refractivity contribution is -0.135. The molecule has 0 spiro atoms. The normalized spacial score (nSPS) is 22.4. The molecule has 1 amide bonds. The number of anilines is 1. The number of rotatable bonds is 5. The SMILES string of the molecule is CS(=O)(=O)N1CCN(C(=O)[C@@H]2CN(c3ccc(=O)[nH]n3)C[C@H]2c2ccc(F)cc2F)CCCC1c1ccc(Cl)cc1. The molecule has 0 aliphatic carbocycles. The minimum absolute atomic E-state index is 0.0886. The van der Waals surface area contributed by atoms with Crippen LogP contribution >= 0.6 is 11.6 Å². The number of carbonyl (C=O) groups excluding carboxylic acids is 1. The molecule has 0 radical (unpaired) electrons. The first kappa shape index (κ1) is 29.2. The van der Waals surface area contributed by atoms with E-state index >= 15 is 0 Å². The molecule has 3 heterocycles. The molecule has 0 saturated carbocycles. The number of hydrogen-bond acceptors (Lipinski definition) is 6. The van der Waals surface area contributed by atoms with E-state index in [1.54, 1.807) is 21.9 Å². The Morgan fingerprint density at radius 2 is 1.78 bits per heavy atom. The maximum atomic E-state index is 15.0. The zero-order chi connectivity index (χ0) is 29.3. The van der Waals surface area contributed by atoms with E-state index in [9.17, 15) is 26.8 Å². The number of aromatic amines is 1. The zero-order valence-electron chi connectivity index (χ0n) is 22.3. The Bertz CT molecular complexity index is 1570. The largest absolute Gasteiger partial charge is 0.354 e. The van der Waals surface area contributed by atoms with Crippen molar-refractivity contribution in [3.8, 4) is 0 Å². The van der Waals surface area contributed by atoms with Crippen LogP contribution in [0.5, 0.6) is 0 Å². The monoisotopic (exact) mass is 605 g/mol. The van der Waals surface area contributed by atoms with Crippen molar-refractivity contribution in [2.24, 2.45) is 5.92 Å². The summed E-state index contributed by atoms with van der Waals surface area (Å²) < 4.78 is 55.8. The average molecular weight is 606 g/mol. The summed E-state index contributed by atoms with van der Waals surface area (Å²) in [4.78, 5) is 29.0. The molecule has 3 aromatic rings. The van der Waals surface area contributed by atoms with Crippen molar-refractivity contribution in [3.05, 3.63) is 92.7 Å². The van der Waals surface area contributed by atoms with Gasteiger partial charge in [0.1, 0.15) is 17.5 Å². The number of aromatic nitrogens is 2. The second-order valence-electron chi connectivity index (χ2n) is 10.5. The van der Waals surface area contributed by atoms with E-state index in [1.165, 1.54) is 22.5 Å². The van der Waals surface area contributed by atoms with E-state index < -0.39 is 39.5 Å². The molecule has 2 aliphatic heterocycles. The summed E-state index contributed by atoms with van der Waals surface area (Å²) in [5.41, 5.74) is 0.658. The van der Waals surface area contributed by atoms with E-state index in [0.717, 1.165) is 24.0 Å². The average Bonchev–Trinajstić information content (AvgIpc) is 3.34. The molecule has 0 bridgehead atoms. The first-order chi connectivity index (χ1) is 19.5. The lowest BCUT2D eigenvalue weighted by atomic mass is 9.87. The Hall–Kier alpha value is -3.35. The number of nitrogens with one attached hydrogen (secondary N) is 1. The quantitative estimate of drug-likeness (QED) is 0.477. The van der Waals surface area contributed by atoms with Gasteiger partial charge in [0.15, 0.2) is 0 Å². The highest BCUT2D eigenvalue weighted by molar-refractivity contribution is 7.88. The van der Waals surface area contributed by atoms with Crippen molar-refractivity contribution in [1.29, 1.82) is 0 Å². The van der Waals surface area contributed by atoms with Crippen LogP contribution in [0.1, 0.15) is 35.9 Å². The zero-order valence-corrected chi connectivity index (χ0v) is 23.9. The second-order valence-corrected chi connectivity index (χ2v) is 12.8. The fourth-order valence-electron chi connectivity index (χ4n) is 5.85. The maximum absolute atomic E-state index is 15.0. The Balaban J connectivity index is 1.41. The molecule has 2 aliphatic rings. The van der Waals surface area contributed by atoms with Gasteiger partial charge in [-0.05, 0) is 48.2 Å². The topological polar surface area (TPSA) is 107 Å². The van der Waals surface area contributed by atoms with E-state index in [1.807, 2.05) is 12.1 Å². The number of sulfonamides is 1. The van der Waals surface area contributed by atoms with E-state index in [2.05, 4.69) is 10.2 Å². The molecular weight excluding hydrogens is 576 g/mol. The highest BCUT2D eigenvalue weighted by Gasteiger charge is 2.43. The minimum atomic E-state index is -3.62. The van der Waals surface area contributed by atoms with Crippen LogP contribution in [-0.4, -0.2) is 72.7 Å². The van der Waals surface area contributed by atoms with Crippen LogP contribution < -0.4 is 10.5 Å². The molecule has 1 N–H and O–H groups in total. The predicted molar refractivity (Wildman–Crippen MR) is 151 cm³/mol. The van der Waals surface area contributed by atoms with Crippen molar-refractivity contribution in [1.82, 2.24) is 19.4 Å². The first-order valence-corrected chi connectivity index (χ1v) is 15.5. The third-order valence-electron chi connectivity index (χ3n) is 7.82. The first-order valence-electron chi connectivity index (χ1n) is 13.3. The molecule has 13 heteroatoms. The number of benzene rings is 2. The molecule has 3 atom stereocenters. The van der Waals surface area contributed by atoms with Gasteiger partial charge in [-0.2, -0.15) is 9.40 Å². The Morgan fingerprint density at radius 1 is 1.02 bits per heavy atom. The summed E-state index contributed by atoms with van der Waals surface area (Å²) in [5, 5.41) is 7.00. The van der Waals surface area contributed by atoms with Crippen LogP contribution in [0.3, 0.4) is 0 Å². The highest BCUT2D eigenvalue weighted by Crippen LogP contribution is 2.38. The molecule has 2 fully saturated rings. The lowest BCUT2D eigenvalue weighted by Crippen LogP contribution is -2.47. The van der Waals surface area contributed by atoms with Crippen molar-refractivity contribution in [2.45, 2.75) is 24.8 Å². The van der Waals surface area contributed by atoms with Crippen molar-refractivity contribution in [3.63, 3.8) is 0 Å². The third-order valence-corrected chi connectivity index (χ3v) is 9.36. The standard InChI is InChI=1S/C28H30ClF2N5O4S/c1-41(39,40)36-14-13-34(12-2-3-25(36)18-4-6-19(29)7-5-18)28(38)23-17-35(26-10-11-27(37)33-32-26)16-22(23)21-9-8-20(30)15-24(21)31/h4-11,15,22-23,25H,2-3,12-14,16-17H2,1H3,(H,33,37)/t22-,23+,25?/m0/s1. The molecule has 9 nitrogen and oxygen atoms in total. The Morgan fingerprint density at radius 3 is 2.44 bits per heavy atom. The molecule has 5 rings (SSSR count). The number of hydrogen-bond donors (Lipinski definition) is 1. The summed E-state index contributed by atoms with van der Waals surface area (Å²) in [6, 6.07) is 12.9. The highest BCUT2D eigenvalue weighted by atomic mass is 35.5. The van der Waals surface area contributed by atoms with E-state index in [4.69, 9.17) is 11.6 Å². The van der Waals surface area contributed by atoms with E-state index in [0.29, 0.717) is 30.2 Å². The molecule has 1 unspecified atom stereocenters. The summed E-state index contributed by atoms with van der Waals surface area (Å²) in [6.45, 7) is 1.05. The number of nitrogens with zero attached hydrogens (tertiary/aromatic N) is 4. The summed E-state index contributed by atoms with van der Waals surface area (Å²) in [6.07, 6.45) is 2.19. The lowest BCUT2D eigenvalue weighted by Gasteiger charge is -2.37. The molecule has 41 heavy (non-hydrogen) atoms. The Kier molecular flexibility index (Phi) is 8.44. The minimum Gasteiger partial charge on any atom is -0.354 e. The van der Waals surface area contributed by atoms with Gasteiger partial charge in [0.25, 0.3) is 5.56 Å². The number of halogens is 3. The molecule has 2 aromatic carbocycles. The fraction of sp³-hybridized carbons (Fsp3) is 0.393. The fourth-order valence-corrected chi connectivity index (χ4v) is 7.08. The van der Waals surface area contributed by atoms with Gasteiger partial charge < -0.3 is 9.80 Å². The van der Waals surface area contributed by atoms with Crippen LogP contribution in [0.4, 0.5) is 14.6 Å². The maximum Gasteiger partial charge on any atom is 0.264 e. The van der Waals surface area contributed by atoms with Crippen LogP contribution in [0, 0.1) is 17.6 Å². The van der Waals surface area contributed by atoms with Crippen molar-refractivity contribution in [2.75, 3.05) is 43.9 Å². The van der Waals surface area contributed by atoms with Crippen LogP contribution in [0.15, 0.2) is 59.4 Å². The van der Waals surface area contributed by atoms with Gasteiger partial charge in [-0.1, -0.05) is 29.8 Å². The van der Waals surface area contributed by atoms with Crippen LogP contribution in [0.25, 0.3) is 0 Å². The number of H-pyrrole nitrogens is 1. The van der Waals surface area contributed by atoms with Crippen LogP contribution in [-0.2, 0) is 14.8 Å². The third kappa shape index (κ3) is 6.44. The molecule has 218 valence electrons. The van der Waals surface area contributed by atoms with Gasteiger partial charge >= 0.3 is 0 Å². The second kappa shape index (κ2) is 11.9. The van der Waals surface area contributed by atoms with Gasteiger partial charge in [0.2, 0.25) is 15.9 Å². The smallest absolute Gasteiger partial charge is 0.264 e. The molecule has 2 saturated heterocycles. The van der Waals surface area contributed by atoms with Gasteiger partial charge in [0.05, 0.1) is 12.2 Å². The van der Waals surface area contributed by atoms with Crippen molar-refractivity contribution >= 4 is 33.3 Å². The van der Waals surface area contributed by atoms with Gasteiger partial charge in [0, 0.05) is 61.8 Å². The van der Waals surface area contributed by atoms with Gasteiger partial charge in [-0.25, -0.2) is 22.3 Å². The number of carbonyl (C=O) groups is 1. The summed E-state index contributed by atoms with van der Waals surface area (Å²) >= 11 is 6.04. The Labute approximate surface area is 241 Å². The van der Waals surface area contributed by atoms with Gasteiger partial charge in [-0.15, -0.1) is 0 Å². The van der Waals surface area contributed by atoms with Gasteiger partial charge in [-0.3, -0.25) is 9.59 Å².